The molecule has 2 saturated heterocycles. The quantitative estimate of drug-likeness (QED) is 0.572. The predicted molar refractivity (Wildman–Crippen MR) is 48.3 cm³/mol. The molecule has 0 amide bonds. The van der Waals surface area contributed by atoms with Gasteiger partial charge < -0.3 is 14.6 Å². The van der Waals surface area contributed by atoms with Crippen LogP contribution in [0.25, 0.3) is 0 Å². The predicted octanol–water partition coefficient (Wildman–Crippen LogP) is 0.541. The lowest BCUT2D eigenvalue weighted by Gasteiger charge is -2.39. The summed E-state index contributed by atoms with van der Waals surface area (Å²) in [6.07, 6.45) is 5.35. The van der Waals surface area contributed by atoms with Crippen molar-refractivity contribution in [2.45, 2.75) is 24.9 Å². The third-order valence-electron chi connectivity index (χ3n) is 4.41. The summed E-state index contributed by atoms with van der Waals surface area (Å²) in [5.74, 6) is 1.98. The van der Waals surface area contributed by atoms with Gasteiger partial charge in [0.2, 0.25) is 0 Å². The standard InChI is InChI=1S/C11H14O3/c12-10-7-4-13-11(14-7)9-6-2-1-5(3-6)8(9)10/h1-2,5-12H,3-4H2/t5-,6+,7+,8-,9+,10-,11+/m0/s1. The molecule has 3 nitrogen and oxygen atoms in total. The number of hydrogen-bond donors (Lipinski definition) is 1. The van der Waals surface area contributed by atoms with Crippen molar-refractivity contribution < 1.29 is 14.6 Å². The first-order valence-electron chi connectivity index (χ1n) is 5.48. The Balaban J connectivity index is 1.78. The van der Waals surface area contributed by atoms with E-state index in [0.29, 0.717) is 30.3 Å². The van der Waals surface area contributed by atoms with Crippen LogP contribution in [0.1, 0.15) is 6.42 Å². The maximum absolute atomic E-state index is 10.1. The van der Waals surface area contributed by atoms with E-state index >= 15 is 0 Å². The van der Waals surface area contributed by atoms with E-state index in [1.165, 1.54) is 6.42 Å². The molecular formula is C11H14O3. The molecule has 2 aliphatic carbocycles. The van der Waals surface area contributed by atoms with Crippen LogP contribution in [0.2, 0.25) is 0 Å². The Morgan fingerprint density at radius 3 is 2.79 bits per heavy atom. The molecule has 0 radical (unpaired) electrons. The molecule has 4 aliphatic rings. The topological polar surface area (TPSA) is 38.7 Å². The summed E-state index contributed by atoms with van der Waals surface area (Å²) < 4.78 is 11.3. The largest absolute Gasteiger partial charge is 0.390 e. The van der Waals surface area contributed by atoms with Crippen molar-refractivity contribution in [2.75, 3.05) is 6.61 Å². The molecular weight excluding hydrogens is 180 g/mol. The van der Waals surface area contributed by atoms with E-state index < -0.39 is 0 Å². The molecule has 0 spiro atoms. The minimum absolute atomic E-state index is 0.0339. The van der Waals surface area contributed by atoms with Crippen molar-refractivity contribution in [3.63, 3.8) is 0 Å². The Morgan fingerprint density at radius 2 is 1.93 bits per heavy atom. The summed E-state index contributed by atoms with van der Waals surface area (Å²) in [5.41, 5.74) is 0. The Kier molecular flexibility index (Phi) is 1.35. The van der Waals surface area contributed by atoms with E-state index in [1.807, 2.05) is 0 Å². The highest BCUT2D eigenvalue weighted by atomic mass is 16.7. The molecule has 3 heteroatoms. The fourth-order valence-corrected chi connectivity index (χ4v) is 3.83. The minimum Gasteiger partial charge on any atom is -0.390 e. The Hall–Kier alpha value is -0.380. The summed E-state index contributed by atoms with van der Waals surface area (Å²) in [6, 6.07) is 0. The SMILES string of the molecule is O[C@@H]1[C@@H]2[C@H]([C@@H]3OC[C@H]1O3)[C@@H]1C=C[C@H]2C1. The summed E-state index contributed by atoms with van der Waals surface area (Å²) in [6.45, 7) is 0.582. The lowest BCUT2D eigenvalue weighted by atomic mass is 9.76. The fraction of sp³-hybridized carbons (Fsp3) is 0.818. The molecule has 3 fully saturated rings. The van der Waals surface area contributed by atoms with Crippen LogP contribution in [-0.4, -0.2) is 30.2 Å². The first-order chi connectivity index (χ1) is 6.84. The highest BCUT2D eigenvalue weighted by Crippen LogP contribution is 2.55. The average Bonchev–Trinajstić information content (AvgIpc) is 2.89. The van der Waals surface area contributed by atoms with Gasteiger partial charge in [-0.1, -0.05) is 12.2 Å². The normalized spacial score (nSPS) is 63.4. The van der Waals surface area contributed by atoms with Crippen LogP contribution in [-0.2, 0) is 9.47 Å². The molecule has 0 aromatic carbocycles. The van der Waals surface area contributed by atoms with Gasteiger partial charge in [-0.25, -0.2) is 0 Å². The molecule has 14 heavy (non-hydrogen) atoms. The minimum atomic E-state index is -0.307. The molecule has 0 aromatic heterocycles. The van der Waals surface area contributed by atoms with Crippen molar-refractivity contribution in [3.05, 3.63) is 12.2 Å². The second kappa shape index (κ2) is 2.40. The molecule has 0 aromatic rings. The molecule has 7 atom stereocenters. The van der Waals surface area contributed by atoms with Crippen molar-refractivity contribution in [1.29, 1.82) is 0 Å². The second-order valence-corrected chi connectivity index (χ2v) is 4.97. The van der Waals surface area contributed by atoms with Crippen molar-refractivity contribution in [1.82, 2.24) is 0 Å². The van der Waals surface area contributed by atoms with E-state index in [0.717, 1.165) is 0 Å². The maximum atomic E-state index is 10.1. The first-order valence-corrected chi connectivity index (χ1v) is 5.48. The zero-order valence-electron chi connectivity index (χ0n) is 7.87. The van der Waals surface area contributed by atoms with Crippen LogP contribution in [0.5, 0.6) is 0 Å². The third-order valence-corrected chi connectivity index (χ3v) is 4.41. The van der Waals surface area contributed by atoms with Gasteiger partial charge in [0, 0.05) is 11.8 Å². The van der Waals surface area contributed by atoms with Crippen molar-refractivity contribution in [2.24, 2.45) is 23.7 Å². The molecule has 2 aliphatic heterocycles. The van der Waals surface area contributed by atoms with Gasteiger partial charge in [-0.3, -0.25) is 0 Å². The average molecular weight is 194 g/mol. The van der Waals surface area contributed by atoms with E-state index in [2.05, 4.69) is 12.2 Å². The van der Waals surface area contributed by atoms with Gasteiger partial charge in [0.25, 0.3) is 0 Å². The molecule has 1 saturated carbocycles. The van der Waals surface area contributed by atoms with E-state index in [-0.39, 0.29) is 18.5 Å². The Morgan fingerprint density at radius 1 is 1.14 bits per heavy atom. The zero-order chi connectivity index (χ0) is 9.28. The van der Waals surface area contributed by atoms with Gasteiger partial charge in [0.1, 0.15) is 6.10 Å². The molecule has 4 rings (SSSR count). The number of ether oxygens (including phenoxy) is 2. The zero-order valence-corrected chi connectivity index (χ0v) is 7.87. The lowest BCUT2D eigenvalue weighted by molar-refractivity contribution is -0.184. The molecule has 4 bridgehead atoms. The molecule has 76 valence electrons. The van der Waals surface area contributed by atoms with Crippen LogP contribution >= 0.6 is 0 Å². The van der Waals surface area contributed by atoms with Gasteiger partial charge in [-0.2, -0.15) is 0 Å². The molecule has 1 N–H and O–H groups in total. The van der Waals surface area contributed by atoms with Crippen LogP contribution in [0.3, 0.4) is 0 Å². The lowest BCUT2D eigenvalue weighted by Crippen LogP contribution is -2.48. The van der Waals surface area contributed by atoms with Gasteiger partial charge in [0.05, 0.1) is 12.7 Å². The number of aliphatic hydroxyl groups excluding tert-OH is 1. The second-order valence-electron chi connectivity index (χ2n) is 4.97. The number of hydrogen-bond acceptors (Lipinski definition) is 3. The number of allylic oxidation sites excluding steroid dienone is 2. The van der Waals surface area contributed by atoms with Crippen molar-refractivity contribution >= 4 is 0 Å². The number of rotatable bonds is 0. The van der Waals surface area contributed by atoms with Crippen LogP contribution in [0.4, 0.5) is 0 Å². The van der Waals surface area contributed by atoms with E-state index in [9.17, 15) is 5.11 Å². The van der Waals surface area contributed by atoms with Gasteiger partial charge >= 0.3 is 0 Å². The van der Waals surface area contributed by atoms with Gasteiger partial charge in [0.15, 0.2) is 6.29 Å². The van der Waals surface area contributed by atoms with Crippen molar-refractivity contribution in [3.8, 4) is 0 Å². The van der Waals surface area contributed by atoms with Crippen LogP contribution in [0, 0.1) is 23.7 Å². The molecule has 0 unspecified atom stereocenters. The smallest absolute Gasteiger partial charge is 0.162 e. The van der Waals surface area contributed by atoms with Gasteiger partial charge in [-0.05, 0) is 18.3 Å². The number of fused-ring (bicyclic) bond motifs is 8. The van der Waals surface area contributed by atoms with E-state index in [1.54, 1.807) is 0 Å². The molecule has 2 heterocycles. The van der Waals surface area contributed by atoms with Crippen LogP contribution in [0.15, 0.2) is 12.2 Å². The van der Waals surface area contributed by atoms with Gasteiger partial charge in [-0.15, -0.1) is 0 Å². The monoisotopic (exact) mass is 194 g/mol. The summed E-state index contributed by atoms with van der Waals surface area (Å²) in [4.78, 5) is 0. The maximum Gasteiger partial charge on any atom is 0.162 e. The van der Waals surface area contributed by atoms with E-state index in [4.69, 9.17) is 9.47 Å². The Bertz CT molecular complexity index is 289. The number of aliphatic hydroxyl groups is 1. The summed E-state index contributed by atoms with van der Waals surface area (Å²) >= 11 is 0. The first kappa shape index (κ1) is 7.85. The highest BCUT2D eigenvalue weighted by Gasteiger charge is 2.59. The third kappa shape index (κ3) is 0.757. The fourth-order valence-electron chi connectivity index (χ4n) is 3.83. The summed E-state index contributed by atoms with van der Waals surface area (Å²) in [5, 5.41) is 10.1. The highest BCUT2D eigenvalue weighted by molar-refractivity contribution is 5.18. The van der Waals surface area contributed by atoms with Crippen LogP contribution < -0.4 is 0 Å². The Labute approximate surface area is 82.7 Å². The summed E-state index contributed by atoms with van der Waals surface area (Å²) in [7, 11) is 0.